The van der Waals surface area contributed by atoms with Crippen LogP contribution in [0, 0.1) is 0 Å². The Labute approximate surface area is 154 Å². The van der Waals surface area contributed by atoms with E-state index < -0.39 is 5.41 Å². The first-order valence-electron chi connectivity index (χ1n) is 9.06. The molecule has 0 aliphatic heterocycles. The summed E-state index contributed by atoms with van der Waals surface area (Å²) in [7, 11) is 0. The van der Waals surface area contributed by atoms with Gasteiger partial charge >= 0.3 is 0 Å². The summed E-state index contributed by atoms with van der Waals surface area (Å²) in [4.78, 5) is 12.9. The molecule has 0 spiro atoms. The minimum Gasteiger partial charge on any atom is -0.294 e. The van der Waals surface area contributed by atoms with Gasteiger partial charge in [0.25, 0.3) is 0 Å². The summed E-state index contributed by atoms with van der Waals surface area (Å²) in [5, 5.41) is 2.48. The number of fused-ring (bicyclic) bond motifs is 2. The average Bonchev–Trinajstić information content (AvgIpc) is 2.66. The summed E-state index contributed by atoms with van der Waals surface area (Å²) in [6, 6.07) is 23.1. The minimum absolute atomic E-state index is 0.222. The van der Waals surface area contributed by atoms with Crippen molar-refractivity contribution in [3.05, 3.63) is 95.1 Å². The van der Waals surface area contributed by atoms with Crippen LogP contribution in [0.25, 0.3) is 22.9 Å². The van der Waals surface area contributed by atoms with E-state index in [0.29, 0.717) is 6.42 Å². The number of benzene rings is 3. The maximum Gasteiger partial charge on any atom is 0.169 e. The van der Waals surface area contributed by atoms with Crippen LogP contribution in [0.15, 0.2) is 78.4 Å². The molecule has 0 heterocycles. The van der Waals surface area contributed by atoms with E-state index in [-0.39, 0.29) is 5.78 Å². The van der Waals surface area contributed by atoms with Crippen LogP contribution in [0.4, 0.5) is 0 Å². The zero-order valence-corrected chi connectivity index (χ0v) is 15.2. The van der Waals surface area contributed by atoms with Crippen molar-refractivity contribution < 1.29 is 4.79 Å². The molecule has 3 aromatic carbocycles. The third kappa shape index (κ3) is 2.80. The third-order valence-electron chi connectivity index (χ3n) is 5.40. The smallest absolute Gasteiger partial charge is 0.169 e. The number of ketones is 1. The van der Waals surface area contributed by atoms with Gasteiger partial charge in [0, 0.05) is 0 Å². The van der Waals surface area contributed by atoms with Crippen molar-refractivity contribution in [2.24, 2.45) is 0 Å². The van der Waals surface area contributed by atoms with E-state index in [2.05, 4.69) is 73.7 Å². The molecule has 0 radical (unpaired) electrons. The fraction of sp³-hybridized carbons (Fsp3) is 0.160. The molecule has 1 aliphatic carbocycles. The number of carbonyl (C=O) groups excluding carboxylic acids is 1. The zero-order chi connectivity index (χ0) is 18.1. The lowest BCUT2D eigenvalue weighted by molar-refractivity contribution is -0.120. The highest BCUT2D eigenvalue weighted by atomic mass is 16.1. The quantitative estimate of drug-likeness (QED) is 0.557. The van der Waals surface area contributed by atoms with Crippen LogP contribution in [0.5, 0.6) is 0 Å². The molecule has 0 bridgehead atoms. The average molecular weight is 338 g/mol. The third-order valence-corrected chi connectivity index (χ3v) is 5.40. The molecule has 1 atom stereocenters. The monoisotopic (exact) mass is 338 g/mol. The maximum atomic E-state index is 12.9. The molecule has 0 amide bonds. The highest BCUT2D eigenvalue weighted by Crippen LogP contribution is 2.39. The first-order valence-corrected chi connectivity index (χ1v) is 9.06. The standard InChI is InChI=1S/C25H22O/c1-18-16-22-11-5-6-12-23(22)25(2,24(18)26)15-7-8-19-13-14-20-9-3-4-10-21(20)17-19/h3-14,16-17H,15H2,1-2H3/b8-7+/t25-/m0/s1. The van der Waals surface area contributed by atoms with Crippen LogP contribution in [-0.2, 0) is 10.2 Å². The molecular weight excluding hydrogens is 316 g/mol. The molecule has 1 aliphatic rings. The fourth-order valence-corrected chi connectivity index (χ4v) is 3.93. The Bertz CT molecular complexity index is 1050. The minimum atomic E-state index is -0.497. The lowest BCUT2D eigenvalue weighted by atomic mass is 9.69. The van der Waals surface area contributed by atoms with Crippen molar-refractivity contribution in [2.75, 3.05) is 0 Å². The molecule has 1 nitrogen and oxygen atoms in total. The Balaban J connectivity index is 1.64. The molecule has 3 aromatic rings. The summed E-state index contributed by atoms with van der Waals surface area (Å²) in [6.07, 6.45) is 6.96. The Kier molecular flexibility index (Phi) is 4.08. The largest absolute Gasteiger partial charge is 0.294 e. The predicted molar refractivity (Wildman–Crippen MR) is 110 cm³/mol. The maximum absolute atomic E-state index is 12.9. The van der Waals surface area contributed by atoms with Gasteiger partial charge in [-0.25, -0.2) is 0 Å². The van der Waals surface area contributed by atoms with Crippen LogP contribution in [-0.4, -0.2) is 5.78 Å². The van der Waals surface area contributed by atoms with E-state index >= 15 is 0 Å². The van der Waals surface area contributed by atoms with E-state index in [1.54, 1.807) is 0 Å². The topological polar surface area (TPSA) is 17.1 Å². The molecule has 128 valence electrons. The second-order valence-electron chi connectivity index (χ2n) is 7.29. The fourth-order valence-electron chi connectivity index (χ4n) is 3.93. The molecule has 0 N–H and O–H groups in total. The molecular formula is C25H22O. The summed E-state index contributed by atoms with van der Waals surface area (Å²) in [5.41, 5.74) is 3.79. The molecule has 1 heteroatoms. The molecule has 26 heavy (non-hydrogen) atoms. The van der Waals surface area contributed by atoms with E-state index in [9.17, 15) is 4.79 Å². The normalized spacial score (nSPS) is 19.6. The number of Topliss-reactive ketones (excluding diaryl/α,β-unsaturated/α-hetero) is 1. The first-order chi connectivity index (χ1) is 12.6. The second kappa shape index (κ2) is 6.42. The summed E-state index contributed by atoms with van der Waals surface area (Å²) < 4.78 is 0. The Morgan fingerprint density at radius 1 is 0.923 bits per heavy atom. The number of hydrogen-bond acceptors (Lipinski definition) is 1. The van der Waals surface area contributed by atoms with Crippen molar-refractivity contribution >= 4 is 28.7 Å². The van der Waals surface area contributed by atoms with E-state index in [4.69, 9.17) is 0 Å². The summed E-state index contributed by atoms with van der Waals surface area (Å²) >= 11 is 0. The Morgan fingerprint density at radius 3 is 2.50 bits per heavy atom. The number of rotatable bonds is 3. The van der Waals surface area contributed by atoms with Crippen molar-refractivity contribution in [1.82, 2.24) is 0 Å². The molecule has 4 rings (SSSR count). The zero-order valence-electron chi connectivity index (χ0n) is 15.2. The van der Waals surface area contributed by atoms with Crippen molar-refractivity contribution in [3.8, 4) is 0 Å². The molecule has 0 saturated carbocycles. The molecule has 0 aromatic heterocycles. The number of hydrogen-bond donors (Lipinski definition) is 0. The van der Waals surface area contributed by atoms with E-state index in [1.165, 1.54) is 10.8 Å². The van der Waals surface area contributed by atoms with Crippen LogP contribution < -0.4 is 0 Å². The van der Waals surface area contributed by atoms with Gasteiger partial charge in [0.15, 0.2) is 5.78 Å². The summed E-state index contributed by atoms with van der Waals surface area (Å²) in [5.74, 6) is 0.222. The SMILES string of the molecule is CC1=Cc2ccccc2[C@](C)(C/C=C/c2ccc3ccccc3c2)C1=O. The highest BCUT2D eigenvalue weighted by molar-refractivity contribution is 6.09. The molecule has 0 fully saturated rings. The van der Waals surface area contributed by atoms with Crippen LogP contribution in [0.3, 0.4) is 0 Å². The van der Waals surface area contributed by atoms with Gasteiger partial charge in [-0.3, -0.25) is 4.79 Å². The van der Waals surface area contributed by atoms with Crippen LogP contribution in [0.2, 0.25) is 0 Å². The van der Waals surface area contributed by atoms with Gasteiger partial charge in [0.2, 0.25) is 0 Å². The second-order valence-corrected chi connectivity index (χ2v) is 7.29. The van der Waals surface area contributed by atoms with Gasteiger partial charge in [-0.15, -0.1) is 0 Å². The van der Waals surface area contributed by atoms with Crippen molar-refractivity contribution in [3.63, 3.8) is 0 Å². The first kappa shape index (κ1) is 16.5. The van der Waals surface area contributed by atoms with Crippen LogP contribution in [0.1, 0.15) is 37.0 Å². The van der Waals surface area contributed by atoms with Gasteiger partial charge in [0.05, 0.1) is 5.41 Å². The lowest BCUT2D eigenvalue weighted by Gasteiger charge is -2.33. The van der Waals surface area contributed by atoms with Gasteiger partial charge in [-0.05, 0) is 65.4 Å². The molecule has 0 saturated heterocycles. The summed E-state index contributed by atoms with van der Waals surface area (Å²) in [6.45, 7) is 3.99. The van der Waals surface area contributed by atoms with Gasteiger partial charge in [-0.2, -0.15) is 0 Å². The Hall–Kier alpha value is -2.93. The van der Waals surface area contributed by atoms with Gasteiger partial charge < -0.3 is 0 Å². The van der Waals surface area contributed by atoms with E-state index in [1.807, 2.05) is 25.1 Å². The van der Waals surface area contributed by atoms with Crippen molar-refractivity contribution in [1.29, 1.82) is 0 Å². The van der Waals surface area contributed by atoms with Gasteiger partial charge in [-0.1, -0.05) is 72.8 Å². The highest BCUT2D eigenvalue weighted by Gasteiger charge is 2.38. The lowest BCUT2D eigenvalue weighted by Crippen LogP contribution is -2.35. The van der Waals surface area contributed by atoms with E-state index in [0.717, 1.165) is 22.3 Å². The predicted octanol–water partition coefficient (Wildman–Crippen LogP) is 6.19. The van der Waals surface area contributed by atoms with Crippen LogP contribution >= 0.6 is 0 Å². The number of allylic oxidation sites excluding steroid dienone is 2. The van der Waals surface area contributed by atoms with Crippen molar-refractivity contribution in [2.45, 2.75) is 25.7 Å². The molecule has 0 unspecified atom stereocenters. The number of carbonyl (C=O) groups is 1. The van der Waals surface area contributed by atoms with Gasteiger partial charge in [0.1, 0.15) is 0 Å². The Morgan fingerprint density at radius 2 is 1.65 bits per heavy atom.